The Labute approximate surface area is 95.2 Å². The number of hydrogen-bond acceptors (Lipinski definition) is 3. The Hall–Kier alpha value is -0.510. The molecular formula is C12H17NOS. The zero-order valence-electron chi connectivity index (χ0n) is 8.98. The summed E-state index contributed by atoms with van der Waals surface area (Å²) in [6.07, 6.45) is 0.956. The van der Waals surface area contributed by atoms with Crippen molar-refractivity contribution < 1.29 is 4.74 Å². The van der Waals surface area contributed by atoms with E-state index < -0.39 is 0 Å². The highest BCUT2D eigenvalue weighted by Gasteiger charge is 2.19. The van der Waals surface area contributed by atoms with Gasteiger partial charge in [0.05, 0.1) is 18.5 Å². The number of benzene rings is 1. The van der Waals surface area contributed by atoms with Gasteiger partial charge in [-0.2, -0.15) is 0 Å². The van der Waals surface area contributed by atoms with E-state index in [1.165, 1.54) is 10.5 Å². The van der Waals surface area contributed by atoms with Crippen molar-refractivity contribution in [1.82, 2.24) is 0 Å². The lowest BCUT2D eigenvalue weighted by atomic mass is 10.1. The minimum atomic E-state index is 0.239. The van der Waals surface area contributed by atoms with E-state index in [2.05, 4.69) is 24.3 Å². The van der Waals surface area contributed by atoms with Crippen LogP contribution in [-0.2, 0) is 11.2 Å². The van der Waals surface area contributed by atoms with Gasteiger partial charge < -0.3 is 10.5 Å². The first kappa shape index (κ1) is 11.0. The number of ether oxygens (including phenoxy) is 1. The van der Waals surface area contributed by atoms with Gasteiger partial charge in [0.2, 0.25) is 0 Å². The monoisotopic (exact) mass is 223 g/mol. The maximum absolute atomic E-state index is 5.75. The molecule has 15 heavy (non-hydrogen) atoms. The van der Waals surface area contributed by atoms with Crippen molar-refractivity contribution in [3.05, 3.63) is 29.8 Å². The summed E-state index contributed by atoms with van der Waals surface area (Å²) in [6.45, 7) is 3.83. The summed E-state index contributed by atoms with van der Waals surface area (Å²) in [5.74, 6) is 0. The van der Waals surface area contributed by atoms with E-state index in [9.17, 15) is 0 Å². The van der Waals surface area contributed by atoms with Gasteiger partial charge in [-0.25, -0.2) is 0 Å². The summed E-state index contributed by atoms with van der Waals surface area (Å²) in [4.78, 5) is 1.33. The van der Waals surface area contributed by atoms with Gasteiger partial charge >= 0.3 is 0 Å². The predicted molar refractivity (Wildman–Crippen MR) is 64.3 cm³/mol. The second-order valence-corrected chi connectivity index (χ2v) is 5.48. The van der Waals surface area contributed by atoms with Crippen molar-refractivity contribution in [3.63, 3.8) is 0 Å². The highest BCUT2D eigenvalue weighted by molar-refractivity contribution is 8.00. The largest absolute Gasteiger partial charge is 0.379 e. The van der Waals surface area contributed by atoms with Crippen molar-refractivity contribution in [2.45, 2.75) is 29.5 Å². The quantitative estimate of drug-likeness (QED) is 0.848. The third-order valence-corrected chi connectivity index (χ3v) is 3.54. The smallest absolute Gasteiger partial charge is 0.0611 e. The van der Waals surface area contributed by atoms with E-state index in [0.29, 0.717) is 5.25 Å². The van der Waals surface area contributed by atoms with Gasteiger partial charge in [0.15, 0.2) is 0 Å². The fourth-order valence-corrected chi connectivity index (χ4v) is 2.56. The van der Waals surface area contributed by atoms with E-state index in [1.807, 2.05) is 18.7 Å². The molecule has 1 saturated heterocycles. The number of nitrogens with two attached hydrogens (primary N) is 1. The van der Waals surface area contributed by atoms with Gasteiger partial charge in [-0.05, 0) is 31.0 Å². The van der Waals surface area contributed by atoms with Crippen molar-refractivity contribution in [3.8, 4) is 0 Å². The molecule has 0 radical (unpaired) electrons. The summed E-state index contributed by atoms with van der Waals surface area (Å²) < 4.78 is 5.15. The van der Waals surface area contributed by atoms with Crippen LogP contribution in [0.15, 0.2) is 29.2 Å². The molecular weight excluding hydrogens is 206 g/mol. The average Bonchev–Trinajstić information content (AvgIpc) is 2.13. The van der Waals surface area contributed by atoms with E-state index in [-0.39, 0.29) is 6.04 Å². The molecule has 1 aliphatic rings. The second kappa shape index (κ2) is 5.01. The van der Waals surface area contributed by atoms with Crippen LogP contribution in [-0.4, -0.2) is 24.5 Å². The van der Waals surface area contributed by atoms with Crippen molar-refractivity contribution in [1.29, 1.82) is 0 Å². The molecule has 1 aromatic rings. The molecule has 2 N–H and O–H groups in total. The third kappa shape index (κ3) is 3.23. The highest BCUT2D eigenvalue weighted by Crippen LogP contribution is 2.28. The lowest BCUT2D eigenvalue weighted by molar-refractivity contribution is 0.0455. The van der Waals surface area contributed by atoms with Crippen LogP contribution < -0.4 is 5.73 Å². The van der Waals surface area contributed by atoms with Crippen molar-refractivity contribution >= 4 is 11.8 Å². The number of rotatable bonds is 4. The van der Waals surface area contributed by atoms with E-state index >= 15 is 0 Å². The Morgan fingerprint density at radius 2 is 2.07 bits per heavy atom. The molecule has 0 aromatic heterocycles. The molecule has 1 fully saturated rings. The first-order chi connectivity index (χ1) is 7.24. The van der Waals surface area contributed by atoms with E-state index in [1.54, 1.807) is 0 Å². The fourth-order valence-electron chi connectivity index (χ4n) is 1.55. The lowest BCUT2D eigenvalue weighted by Crippen LogP contribution is -2.29. The molecule has 1 aromatic carbocycles. The molecule has 0 saturated carbocycles. The van der Waals surface area contributed by atoms with Crippen molar-refractivity contribution in [2.24, 2.45) is 5.73 Å². The molecule has 0 spiro atoms. The van der Waals surface area contributed by atoms with Crippen LogP contribution in [0.4, 0.5) is 0 Å². The molecule has 0 amide bonds. The minimum absolute atomic E-state index is 0.239. The van der Waals surface area contributed by atoms with Crippen LogP contribution in [0.3, 0.4) is 0 Å². The number of hydrogen-bond donors (Lipinski definition) is 1. The zero-order valence-corrected chi connectivity index (χ0v) is 9.80. The summed E-state index contributed by atoms with van der Waals surface area (Å²) >= 11 is 1.90. The Bertz CT molecular complexity index is 306. The highest BCUT2D eigenvalue weighted by atomic mass is 32.2. The zero-order chi connectivity index (χ0) is 10.7. The molecule has 82 valence electrons. The third-order valence-electron chi connectivity index (χ3n) is 2.39. The molecule has 1 heterocycles. The first-order valence-electron chi connectivity index (χ1n) is 5.33. The SMILES string of the molecule is CC(N)Cc1ccc(SC2COC2)cc1. The predicted octanol–water partition coefficient (Wildman–Crippen LogP) is 2.07. The van der Waals surface area contributed by atoms with Crippen molar-refractivity contribution in [2.75, 3.05) is 13.2 Å². The van der Waals surface area contributed by atoms with Crippen LogP contribution in [0.2, 0.25) is 0 Å². The Balaban J connectivity index is 1.91. The molecule has 1 atom stereocenters. The summed E-state index contributed by atoms with van der Waals surface area (Å²) in [5.41, 5.74) is 7.07. The molecule has 0 bridgehead atoms. The van der Waals surface area contributed by atoms with Crippen LogP contribution in [0.25, 0.3) is 0 Å². The molecule has 2 rings (SSSR count). The summed E-state index contributed by atoms with van der Waals surface area (Å²) in [7, 11) is 0. The van der Waals surface area contributed by atoms with Gasteiger partial charge in [0.1, 0.15) is 0 Å². The molecule has 1 aliphatic heterocycles. The molecule has 0 aliphatic carbocycles. The van der Waals surface area contributed by atoms with Gasteiger partial charge in [-0.3, -0.25) is 0 Å². The standard InChI is InChI=1S/C12H17NOS/c1-9(13)6-10-2-4-11(5-3-10)15-12-7-14-8-12/h2-5,9,12H,6-8,13H2,1H3. The van der Waals surface area contributed by atoms with Gasteiger partial charge in [-0.1, -0.05) is 12.1 Å². The Morgan fingerprint density at radius 1 is 1.40 bits per heavy atom. The first-order valence-corrected chi connectivity index (χ1v) is 6.21. The summed E-state index contributed by atoms with van der Waals surface area (Å²) in [5, 5.41) is 0.657. The van der Waals surface area contributed by atoms with Crippen LogP contribution >= 0.6 is 11.8 Å². The maximum atomic E-state index is 5.75. The lowest BCUT2D eigenvalue weighted by Gasteiger charge is -2.25. The molecule has 3 heteroatoms. The van der Waals surface area contributed by atoms with Crippen LogP contribution in [0, 0.1) is 0 Å². The maximum Gasteiger partial charge on any atom is 0.0611 e. The summed E-state index contributed by atoms with van der Waals surface area (Å²) in [6, 6.07) is 8.95. The Morgan fingerprint density at radius 3 is 2.53 bits per heavy atom. The van der Waals surface area contributed by atoms with Crippen LogP contribution in [0.1, 0.15) is 12.5 Å². The van der Waals surface area contributed by atoms with Crippen LogP contribution in [0.5, 0.6) is 0 Å². The topological polar surface area (TPSA) is 35.2 Å². The normalized spacial score (nSPS) is 18.5. The van der Waals surface area contributed by atoms with Gasteiger partial charge in [0.25, 0.3) is 0 Å². The second-order valence-electron chi connectivity index (χ2n) is 4.10. The molecule has 2 nitrogen and oxygen atoms in total. The van der Waals surface area contributed by atoms with Gasteiger partial charge in [-0.15, -0.1) is 11.8 Å². The number of thioether (sulfide) groups is 1. The molecule has 1 unspecified atom stereocenters. The average molecular weight is 223 g/mol. The Kier molecular flexibility index (Phi) is 3.67. The van der Waals surface area contributed by atoms with E-state index in [0.717, 1.165) is 19.6 Å². The minimum Gasteiger partial charge on any atom is -0.379 e. The van der Waals surface area contributed by atoms with Gasteiger partial charge in [0, 0.05) is 10.9 Å². The van der Waals surface area contributed by atoms with E-state index in [4.69, 9.17) is 10.5 Å². The fraction of sp³-hybridized carbons (Fsp3) is 0.500.